The van der Waals surface area contributed by atoms with Crippen molar-refractivity contribution in [1.82, 2.24) is 9.55 Å². The topological polar surface area (TPSA) is 34.9 Å². The van der Waals surface area contributed by atoms with Gasteiger partial charge in [0.15, 0.2) is 5.78 Å². The molecule has 0 atom stereocenters. The van der Waals surface area contributed by atoms with E-state index in [0.29, 0.717) is 5.69 Å². The first-order chi connectivity index (χ1) is 12.2. The lowest BCUT2D eigenvalue weighted by Crippen LogP contribution is -2.11. The summed E-state index contributed by atoms with van der Waals surface area (Å²) in [6.07, 6.45) is -1.45. The normalized spacial score (nSPS) is 11.6. The first kappa shape index (κ1) is 17.9. The predicted octanol–water partition coefficient (Wildman–Crippen LogP) is 4.93. The van der Waals surface area contributed by atoms with Crippen LogP contribution >= 0.6 is 0 Å². The van der Waals surface area contributed by atoms with E-state index in [0.717, 1.165) is 23.3 Å². The van der Waals surface area contributed by atoms with E-state index in [9.17, 15) is 18.0 Å². The second-order valence-electron chi connectivity index (χ2n) is 6.28. The van der Waals surface area contributed by atoms with Gasteiger partial charge in [0.05, 0.1) is 17.6 Å². The maximum atomic E-state index is 13.3. The first-order valence-corrected chi connectivity index (χ1v) is 8.04. The molecular weight excluding hydrogens is 341 g/mol. The van der Waals surface area contributed by atoms with Gasteiger partial charge < -0.3 is 4.57 Å². The summed E-state index contributed by atoms with van der Waals surface area (Å²) in [5.41, 5.74) is 1.88. The molecule has 0 aliphatic carbocycles. The number of ketones is 1. The molecule has 6 heteroatoms. The smallest absolute Gasteiger partial charge is 0.306 e. The highest BCUT2D eigenvalue weighted by Crippen LogP contribution is 2.32. The van der Waals surface area contributed by atoms with Crippen molar-refractivity contribution in [3.05, 3.63) is 82.9 Å². The Bertz CT molecular complexity index is 958. The number of carbonyl (C=O) groups excluding carboxylic acids is 1. The van der Waals surface area contributed by atoms with Crippen LogP contribution in [-0.2, 0) is 12.6 Å². The standard InChI is InChI=1S/C20H17F3N2O/c1-13-4-3-5-15(6-13)7-19(26)16-8-17(20(21,22)23)10-18(9-16)25-11-14(2)24-12-25/h3-6,8-12H,7H2,1-2H3. The highest BCUT2D eigenvalue weighted by atomic mass is 19.4. The molecule has 0 radical (unpaired) electrons. The number of halogens is 3. The fourth-order valence-electron chi connectivity index (χ4n) is 2.76. The van der Waals surface area contributed by atoms with E-state index in [1.165, 1.54) is 17.0 Å². The number of imidazole rings is 1. The van der Waals surface area contributed by atoms with Crippen molar-refractivity contribution in [3.8, 4) is 5.69 Å². The van der Waals surface area contributed by atoms with Gasteiger partial charge in [0.25, 0.3) is 0 Å². The summed E-state index contributed by atoms with van der Waals surface area (Å²) in [4.78, 5) is 16.6. The van der Waals surface area contributed by atoms with Gasteiger partial charge in [-0.15, -0.1) is 0 Å². The molecule has 26 heavy (non-hydrogen) atoms. The van der Waals surface area contributed by atoms with E-state index in [-0.39, 0.29) is 23.5 Å². The molecular formula is C20H17F3N2O. The number of carbonyl (C=O) groups is 1. The molecule has 0 saturated carbocycles. The molecule has 3 aromatic rings. The van der Waals surface area contributed by atoms with Gasteiger partial charge >= 0.3 is 6.18 Å². The average molecular weight is 358 g/mol. The van der Waals surface area contributed by atoms with Gasteiger partial charge in [0.2, 0.25) is 0 Å². The van der Waals surface area contributed by atoms with Crippen LogP contribution in [0.15, 0.2) is 55.0 Å². The molecule has 0 saturated heterocycles. The fraction of sp³-hybridized carbons (Fsp3) is 0.200. The van der Waals surface area contributed by atoms with Gasteiger partial charge in [-0.3, -0.25) is 4.79 Å². The van der Waals surface area contributed by atoms with E-state index in [4.69, 9.17) is 0 Å². The summed E-state index contributed by atoms with van der Waals surface area (Å²) in [7, 11) is 0. The van der Waals surface area contributed by atoms with Crippen molar-refractivity contribution in [2.45, 2.75) is 26.4 Å². The fourth-order valence-corrected chi connectivity index (χ4v) is 2.76. The summed E-state index contributed by atoms with van der Waals surface area (Å²) in [5.74, 6) is -0.361. The zero-order chi connectivity index (χ0) is 18.9. The zero-order valence-corrected chi connectivity index (χ0v) is 14.3. The van der Waals surface area contributed by atoms with Gasteiger partial charge in [-0.2, -0.15) is 13.2 Å². The van der Waals surface area contributed by atoms with Crippen LogP contribution in [0.1, 0.15) is 32.7 Å². The SMILES string of the molecule is Cc1cccc(CC(=O)c2cc(-n3cnc(C)c3)cc(C(F)(F)F)c2)c1. The van der Waals surface area contributed by atoms with Crippen molar-refractivity contribution < 1.29 is 18.0 Å². The second kappa shape index (κ2) is 6.78. The monoisotopic (exact) mass is 358 g/mol. The number of hydrogen-bond donors (Lipinski definition) is 0. The number of alkyl halides is 3. The number of Topliss-reactive ketones (excluding diaryl/α,β-unsaturated/α-hetero) is 1. The highest BCUT2D eigenvalue weighted by molar-refractivity contribution is 5.98. The van der Waals surface area contributed by atoms with Gasteiger partial charge in [0, 0.05) is 23.9 Å². The van der Waals surface area contributed by atoms with E-state index < -0.39 is 11.7 Å². The Morgan fingerprint density at radius 2 is 1.88 bits per heavy atom. The average Bonchev–Trinajstić information content (AvgIpc) is 3.00. The van der Waals surface area contributed by atoms with E-state index >= 15 is 0 Å². The number of benzene rings is 2. The summed E-state index contributed by atoms with van der Waals surface area (Å²) in [6.45, 7) is 3.64. The minimum absolute atomic E-state index is 0.0303. The number of rotatable bonds is 4. The molecule has 0 aliphatic heterocycles. The molecule has 2 aromatic carbocycles. The Kier molecular flexibility index (Phi) is 4.68. The first-order valence-electron chi connectivity index (χ1n) is 8.04. The van der Waals surface area contributed by atoms with E-state index in [2.05, 4.69) is 4.98 Å². The van der Waals surface area contributed by atoms with Gasteiger partial charge in [-0.1, -0.05) is 29.8 Å². The summed E-state index contributed by atoms with van der Waals surface area (Å²) < 4.78 is 41.3. The molecule has 0 aliphatic rings. The van der Waals surface area contributed by atoms with E-state index in [1.807, 2.05) is 25.1 Å². The number of nitrogens with zero attached hydrogens (tertiary/aromatic N) is 2. The lowest BCUT2D eigenvalue weighted by Gasteiger charge is -2.12. The molecule has 0 bridgehead atoms. The Morgan fingerprint density at radius 1 is 1.12 bits per heavy atom. The Balaban J connectivity index is 2.01. The van der Waals surface area contributed by atoms with Crippen molar-refractivity contribution in [2.75, 3.05) is 0 Å². The lowest BCUT2D eigenvalue weighted by atomic mass is 9.99. The van der Waals surface area contributed by atoms with Gasteiger partial charge in [0.1, 0.15) is 0 Å². The Labute approximate surface area is 149 Å². The van der Waals surface area contributed by atoms with Crippen LogP contribution in [0.5, 0.6) is 0 Å². The number of aryl methyl sites for hydroxylation is 2. The maximum Gasteiger partial charge on any atom is 0.416 e. The quantitative estimate of drug-likeness (QED) is 0.620. The largest absolute Gasteiger partial charge is 0.416 e. The van der Waals surface area contributed by atoms with Crippen LogP contribution in [0, 0.1) is 13.8 Å². The Hall–Kier alpha value is -2.89. The Morgan fingerprint density at radius 3 is 2.50 bits per heavy atom. The van der Waals surface area contributed by atoms with Crippen LogP contribution in [0.4, 0.5) is 13.2 Å². The van der Waals surface area contributed by atoms with Crippen LogP contribution in [0.3, 0.4) is 0 Å². The molecule has 1 aromatic heterocycles. The molecule has 1 heterocycles. The second-order valence-corrected chi connectivity index (χ2v) is 6.28. The molecule has 134 valence electrons. The predicted molar refractivity (Wildman–Crippen MR) is 92.5 cm³/mol. The maximum absolute atomic E-state index is 13.3. The van der Waals surface area contributed by atoms with Crippen molar-refractivity contribution >= 4 is 5.78 Å². The molecule has 3 rings (SSSR count). The minimum Gasteiger partial charge on any atom is -0.306 e. The van der Waals surface area contributed by atoms with Crippen molar-refractivity contribution in [3.63, 3.8) is 0 Å². The zero-order valence-electron chi connectivity index (χ0n) is 14.3. The molecule has 3 nitrogen and oxygen atoms in total. The van der Waals surface area contributed by atoms with Crippen LogP contribution in [0.2, 0.25) is 0 Å². The molecule has 0 N–H and O–H groups in total. The molecule has 0 spiro atoms. The third-order valence-electron chi connectivity index (χ3n) is 4.02. The lowest BCUT2D eigenvalue weighted by molar-refractivity contribution is -0.137. The number of hydrogen-bond acceptors (Lipinski definition) is 2. The molecule has 0 amide bonds. The molecule has 0 fully saturated rings. The summed E-state index contributed by atoms with van der Waals surface area (Å²) >= 11 is 0. The van der Waals surface area contributed by atoms with Gasteiger partial charge in [-0.25, -0.2) is 4.98 Å². The van der Waals surface area contributed by atoms with Crippen LogP contribution < -0.4 is 0 Å². The van der Waals surface area contributed by atoms with Crippen molar-refractivity contribution in [2.24, 2.45) is 0 Å². The van der Waals surface area contributed by atoms with E-state index in [1.54, 1.807) is 19.2 Å². The van der Waals surface area contributed by atoms with Crippen molar-refractivity contribution in [1.29, 1.82) is 0 Å². The van der Waals surface area contributed by atoms with Crippen LogP contribution in [-0.4, -0.2) is 15.3 Å². The third-order valence-corrected chi connectivity index (χ3v) is 4.02. The minimum atomic E-state index is -4.54. The summed E-state index contributed by atoms with van der Waals surface area (Å²) in [5, 5.41) is 0. The van der Waals surface area contributed by atoms with Gasteiger partial charge in [-0.05, 0) is 37.6 Å². The van der Waals surface area contributed by atoms with Crippen LogP contribution in [0.25, 0.3) is 5.69 Å². The third kappa shape index (κ3) is 4.02. The molecule has 0 unspecified atom stereocenters. The highest BCUT2D eigenvalue weighted by Gasteiger charge is 2.32. The summed E-state index contributed by atoms with van der Waals surface area (Å²) in [6, 6.07) is 10.8. The number of aromatic nitrogens is 2.